The molecule has 0 radical (unpaired) electrons. The van der Waals surface area contributed by atoms with Crippen molar-refractivity contribution in [2.45, 2.75) is 5.51 Å². The van der Waals surface area contributed by atoms with Gasteiger partial charge < -0.3 is 19.0 Å². The van der Waals surface area contributed by atoms with Gasteiger partial charge in [0.2, 0.25) is 17.4 Å². The molecular formula is C23H10Cl3F3N2O7S. The lowest BCUT2D eigenvalue weighted by Crippen LogP contribution is -2.28. The molecule has 2 aromatic heterocycles. The van der Waals surface area contributed by atoms with Gasteiger partial charge >= 0.3 is 15.6 Å². The zero-order valence-electron chi connectivity index (χ0n) is 18.6. The topological polar surface area (TPSA) is 128 Å². The molecule has 1 aliphatic rings. The summed E-state index contributed by atoms with van der Waals surface area (Å²) in [5, 5.41) is 9.59. The van der Waals surface area contributed by atoms with Gasteiger partial charge in [0.05, 0.1) is 22.5 Å². The number of alkyl halides is 3. The van der Waals surface area contributed by atoms with Crippen molar-refractivity contribution in [1.29, 1.82) is 0 Å². The van der Waals surface area contributed by atoms with Crippen LogP contribution in [-0.2, 0) is 10.1 Å². The van der Waals surface area contributed by atoms with Crippen molar-refractivity contribution in [3.05, 3.63) is 86.2 Å². The van der Waals surface area contributed by atoms with Crippen molar-refractivity contribution in [2.24, 2.45) is 0 Å². The number of nitrogens with zero attached hydrogens (tertiary/aromatic N) is 1. The summed E-state index contributed by atoms with van der Waals surface area (Å²) in [6.07, 6.45) is 0. The number of carbonyl (C=O) groups excluding carboxylic acids is 2. The number of aromatic hydroxyl groups is 1. The predicted molar refractivity (Wildman–Crippen MR) is 132 cm³/mol. The van der Waals surface area contributed by atoms with E-state index < -0.39 is 38.7 Å². The van der Waals surface area contributed by atoms with Crippen LogP contribution in [0.25, 0.3) is 5.69 Å². The smallest absolute Gasteiger partial charge is 0.507 e. The normalized spacial score (nSPS) is 13.0. The van der Waals surface area contributed by atoms with E-state index in [0.29, 0.717) is 0 Å². The van der Waals surface area contributed by atoms with Gasteiger partial charge in [0.15, 0.2) is 0 Å². The van der Waals surface area contributed by atoms with Crippen LogP contribution in [-0.4, -0.2) is 40.2 Å². The molecule has 39 heavy (non-hydrogen) atoms. The molecule has 3 heterocycles. The molecule has 0 spiro atoms. The van der Waals surface area contributed by atoms with Gasteiger partial charge in [-0.2, -0.15) is 21.6 Å². The van der Waals surface area contributed by atoms with E-state index in [1.807, 2.05) is 0 Å². The number of hydrogen-bond acceptors (Lipinski definition) is 7. The summed E-state index contributed by atoms with van der Waals surface area (Å²) in [6.45, 7) is 0. The van der Waals surface area contributed by atoms with Crippen LogP contribution in [0.2, 0.25) is 15.2 Å². The summed E-state index contributed by atoms with van der Waals surface area (Å²) in [5.74, 6) is -3.61. The Labute approximate surface area is 231 Å². The number of carbonyl (C=O) groups is 2. The Balaban J connectivity index is 1.75. The molecule has 202 valence electrons. The Morgan fingerprint density at radius 1 is 1.08 bits per heavy atom. The molecule has 2 aromatic carbocycles. The highest BCUT2D eigenvalue weighted by molar-refractivity contribution is 7.88. The second kappa shape index (κ2) is 9.23. The Morgan fingerprint density at radius 3 is 2.44 bits per heavy atom. The maximum atomic E-state index is 13.5. The summed E-state index contributed by atoms with van der Waals surface area (Å²) in [7, 11) is -6.05. The lowest BCUT2D eigenvalue weighted by atomic mass is 10.0. The van der Waals surface area contributed by atoms with E-state index >= 15 is 0 Å². The number of H-pyrrole nitrogens is 1. The van der Waals surface area contributed by atoms with Crippen LogP contribution in [0.4, 0.5) is 13.2 Å². The molecule has 0 saturated carbocycles. The van der Waals surface area contributed by atoms with E-state index in [0.717, 1.165) is 28.8 Å². The minimum Gasteiger partial charge on any atom is -0.507 e. The number of halogens is 6. The van der Waals surface area contributed by atoms with Crippen molar-refractivity contribution in [3.63, 3.8) is 0 Å². The summed E-state index contributed by atoms with van der Waals surface area (Å²) in [4.78, 5) is 29.5. The van der Waals surface area contributed by atoms with Gasteiger partial charge in [-0.15, -0.1) is 0 Å². The van der Waals surface area contributed by atoms with Gasteiger partial charge in [0.1, 0.15) is 38.1 Å². The zero-order valence-corrected chi connectivity index (χ0v) is 21.7. The molecule has 9 nitrogen and oxygen atoms in total. The third kappa shape index (κ3) is 4.40. The molecule has 16 heteroatoms. The van der Waals surface area contributed by atoms with Crippen LogP contribution in [0, 0.1) is 0 Å². The number of ether oxygens (including phenoxy) is 1. The predicted octanol–water partition coefficient (Wildman–Crippen LogP) is 6.27. The van der Waals surface area contributed by atoms with E-state index in [9.17, 15) is 36.3 Å². The van der Waals surface area contributed by atoms with Crippen LogP contribution >= 0.6 is 34.8 Å². The number of hydrogen-bond donors (Lipinski definition) is 2. The van der Waals surface area contributed by atoms with Gasteiger partial charge in [-0.05, 0) is 30.3 Å². The summed E-state index contributed by atoms with van der Waals surface area (Å²) < 4.78 is 72.5. The van der Waals surface area contributed by atoms with Gasteiger partial charge in [-0.25, -0.2) is 0 Å². The minimum atomic E-state index is -6.05. The fourth-order valence-corrected chi connectivity index (χ4v) is 4.89. The van der Waals surface area contributed by atoms with Crippen LogP contribution in [0.1, 0.15) is 32.1 Å². The van der Waals surface area contributed by atoms with E-state index in [-0.39, 0.29) is 55.0 Å². The quantitative estimate of drug-likeness (QED) is 0.138. The largest absolute Gasteiger partial charge is 0.534 e. The first-order valence-electron chi connectivity index (χ1n) is 10.4. The standard InChI is InChI=1S/C23H10Cl3F3N2O7S/c24-12-8-13(19(33)10-3-1-2-4-14(10)32)31-18-16(25)21(26)30-17(18)20(34)11-6-5-9(7-15(11)37-22(12)31)38-39(35,36)23(27,28)29/h1-8,30,32H. The minimum absolute atomic E-state index is 0.141. The number of benzene rings is 2. The van der Waals surface area contributed by atoms with Crippen LogP contribution in [0.3, 0.4) is 0 Å². The first-order chi connectivity index (χ1) is 18.2. The zero-order chi connectivity index (χ0) is 28.4. The molecule has 0 fully saturated rings. The molecule has 5 rings (SSSR count). The maximum absolute atomic E-state index is 13.5. The lowest BCUT2D eigenvalue weighted by molar-refractivity contribution is -0.0500. The monoisotopic (exact) mass is 620 g/mol. The Kier molecular flexibility index (Phi) is 6.37. The van der Waals surface area contributed by atoms with Crippen molar-refractivity contribution in [2.75, 3.05) is 0 Å². The first-order valence-corrected chi connectivity index (χ1v) is 12.9. The first kappa shape index (κ1) is 26.9. The molecule has 2 N–H and O–H groups in total. The number of aromatic nitrogens is 2. The lowest BCUT2D eigenvalue weighted by Gasteiger charge is -2.20. The highest BCUT2D eigenvalue weighted by atomic mass is 35.5. The number of phenolic OH excluding ortho intramolecular Hbond substituents is 1. The highest BCUT2D eigenvalue weighted by Crippen LogP contribution is 2.46. The number of para-hydroxylation sites is 1. The average molecular weight is 622 g/mol. The van der Waals surface area contributed by atoms with E-state index in [4.69, 9.17) is 39.5 Å². The number of rotatable bonds is 4. The Bertz CT molecular complexity index is 1810. The van der Waals surface area contributed by atoms with Crippen molar-refractivity contribution in [3.8, 4) is 28.8 Å². The molecular weight excluding hydrogens is 612 g/mol. The number of phenols is 1. The summed E-state index contributed by atoms with van der Waals surface area (Å²) in [6, 6.07) is 9.22. The van der Waals surface area contributed by atoms with E-state index in [1.165, 1.54) is 24.3 Å². The fourth-order valence-electron chi connectivity index (χ4n) is 3.80. The third-order valence-corrected chi connectivity index (χ3v) is 7.51. The molecule has 0 amide bonds. The molecule has 0 aliphatic carbocycles. The van der Waals surface area contributed by atoms with Crippen LogP contribution < -0.4 is 8.92 Å². The SMILES string of the molecule is O=C1c2ccc(OS(=O)(=O)C(F)(F)F)cc2Oc2c(Cl)cc(C(=O)c3ccccc3O)n2-c2c1[nH]c(Cl)c2Cl. The average Bonchev–Trinajstić information content (AvgIpc) is 3.32. The van der Waals surface area contributed by atoms with Gasteiger partial charge in [-0.1, -0.05) is 46.9 Å². The maximum Gasteiger partial charge on any atom is 0.534 e. The molecule has 4 aromatic rings. The van der Waals surface area contributed by atoms with Crippen molar-refractivity contribution < 1.29 is 45.2 Å². The molecule has 1 aliphatic heterocycles. The second-order valence-corrected chi connectivity index (χ2v) is 10.6. The van der Waals surface area contributed by atoms with Crippen LogP contribution in [0.5, 0.6) is 23.1 Å². The van der Waals surface area contributed by atoms with E-state index in [2.05, 4.69) is 9.17 Å². The summed E-state index contributed by atoms with van der Waals surface area (Å²) in [5.41, 5.74) is -6.77. The number of nitrogens with one attached hydrogen (secondary N) is 1. The number of ketones is 2. The van der Waals surface area contributed by atoms with E-state index in [1.54, 1.807) is 0 Å². The molecule has 0 atom stereocenters. The Hall–Kier alpha value is -3.65. The molecule has 0 unspecified atom stereocenters. The van der Waals surface area contributed by atoms with Crippen LogP contribution in [0.15, 0.2) is 48.5 Å². The molecule has 0 saturated heterocycles. The molecule has 0 bridgehead atoms. The third-order valence-electron chi connectivity index (χ3n) is 5.51. The van der Waals surface area contributed by atoms with Gasteiger partial charge in [0.25, 0.3) is 0 Å². The number of aromatic amines is 1. The second-order valence-electron chi connectivity index (χ2n) is 7.91. The number of fused-ring (bicyclic) bond motifs is 4. The summed E-state index contributed by atoms with van der Waals surface area (Å²) >= 11 is 18.9. The van der Waals surface area contributed by atoms with Crippen molar-refractivity contribution in [1.82, 2.24) is 9.55 Å². The Morgan fingerprint density at radius 2 is 1.77 bits per heavy atom. The highest BCUT2D eigenvalue weighted by Gasteiger charge is 2.48. The fraction of sp³-hybridized carbons (Fsp3) is 0.0435. The van der Waals surface area contributed by atoms with Gasteiger partial charge in [0, 0.05) is 6.07 Å². The van der Waals surface area contributed by atoms with Gasteiger partial charge in [-0.3, -0.25) is 14.2 Å². The van der Waals surface area contributed by atoms with Crippen molar-refractivity contribution >= 4 is 56.5 Å².